The van der Waals surface area contributed by atoms with Crippen molar-refractivity contribution in [2.45, 2.75) is 37.1 Å². The van der Waals surface area contributed by atoms with Crippen molar-refractivity contribution in [2.24, 2.45) is 16.0 Å². The molecule has 1 aliphatic carbocycles. The number of benzene rings is 2. The molecule has 2 heterocycles. The number of sulfonamides is 1. The number of aromatic nitrogens is 1. The van der Waals surface area contributed by atoms with Crippen molar-refractivity contribution in [1.29, 1.82) is 0 Å². The van der Waals surface area contributed by atoms with Crippen LogP contribution in [0.3, 0.4) is 0 Å². The van der Waals surface area contributed by atoms with Gasteiger partial charge in [0.1, 0.15) is 22.0 Å². The van der Waals surface area contributed by atoms with Gasteiger partial charge in [-0.2, -0.15) is 8.42 Å². The molecule has 0 bridgehead atoms. The van der Waals surface area contributed by atoms with Gasteiger partial charge in [0.2, 0.25) is 5.91 Å². The number of carbonyl (C=O) groups excluding carboxylic acids is 2. The van der Waals surface area contributed by atoms with E-state index >= 15 is 0 Å². The zero-order valence-electron chi connectivity index (χ0n) is 18.8. The Morgan fingerprint density at radius 2 is 1.94 bits per heavy atom. The van der Waals surface area contributed by atoms with E-state index in [9.17, 15) is 32.3 Å². The normalized spacial score (nSPS) is 16.2. The first-order chi connectivity index (χ1) is 17.0. The van der Waals surface area contributed by atoms with Crippen molar-refractivity contribution < 1.29 is 27.5 Å². The zero-order valence-corrected chi connectivity index (χ0v) is 19.6. The molecule has 1 amide bonds. The summed E-state index contributed by atoms with van der Waals surface area (Å²) in [5.74, 6) is -2.71. The largest absolute Gasteiger partial charge is 0.506 e. The Morgan fingerprint density at radius 3 is 2.64 bits per heavy atom. The highest BCUT2D eigenvalue weighted by molar-refractivity contribution is 7.90. The lowest BCUT2D eigenvalue weighted by Crippen LogP contribution is -2.33. The standard InChI is InChI=1S/C24H21FN4O6S/c25-14-4-6-17-15(10-14)22(32)21(24(33)29(17)8-7-12-1-2-12)23-27-16-5-3-13(18(30)11-20(26)31)9-19(16)36(34,35)28-23/h3-6,9-10,12,32H,1-2,7-8,11H2,(H2,26,31)(H,27,28). The van der Waals surface area contributed by atoms with Crippen LogP contribution in [-0.4, -0.2) is 35.6 Å². The topological polar surface area (TPSA) is 161 Å². The Hall–Kier alpha value is -4.06. The summed E-state index contributed by atoms with van der Waals surface area (Å²) in [7, 11) is -4.42. The predicted octanol–water partition coefficient (Wildman–Crippen LogP) is 2.27. The number of Topliss-reactive ketones (excluding diaryl/α,β-unsaturated/α-hetero) is 1. The number of nitrogens with one attached hydrogen (secondary N) is 1. The van der Waals surface area contributed by atoms with Crippen LogP contribution in [0.2, 0.25) is 0 Å². The molecule has 4 N–H and O–H groups in total. The molecule has 5 rings (SSSR count). The molecule has 2 aromatic carbocycles. The van der Waals surface area contributed by atoms with Crippen molar-refractivity contribution >= 4 is 44.1 Å². The molecule has 36 heavy (non-hydrogen) atoms. The molecule has 0 unspecified atom stereocenters. The van der Waals surface area contributed by atoms with Gasteiger partial charge in [-0.05, 0) is 48.7 Å². The van der Waals surface area contributed by atoms with Crippen molar-refractivity contribution in [3.8, 4) is 5.75 Å². The van der Waals surface area contributed by atoms with E-state index in [1.54, 1.807) is 0 Å². The maximum absolute atomic E-state index is 14.1. The number of carbonyl (C=O) groups is 2. The lowest BCUT2D eigenvalue weighted by atomic mass is 10.1. The summed E-state index contributed by atoms with van der Waals surface area (Å²) >= 11 is 0. The Bertz CT molecular complexity index is 1660. The molecule has 0 saturated heterocycles. The van der Waals surface area contributed by atoms with E-state index in [-0.39, 0.29) is 21.5 Å². The van der Waals surface area contributed by atoms with Crippen molar-refractivity contribution in [3.05, 3.63) is 63.7 Å². The SMILES string of the molecule is NC(=O)CC(=O)c1ccc2c(c1)S(=O)(=O)N=C(c1c(O)c3cc(F)ccc3n(CCC3CC3)c1=O)N2. The number of aromatic hydroxyl groups is 1. The highest BCUT2D eigenvalue weighted by atomic mass is 32.2. The first kappa shape index (κ1) is 23.7. The average molecular weight is 513 g/mol. The minimum absolute atomic E-state index is 0.0123. The number of primary amides is 1. The molecule has 1 aliphatic heterocycles. The van der Waals surface area contributed by atoms with Gasteiger partial charge in [-0.15, -0.1) is 4.40 Å². The quantitative estimate of drug-likeness (QED) is 0.323. The fourth-order valence-electron chi connectivity index (χ4n) is 4.27. The second-order valence-corrected chi connectivity index (χ2v) is 10.5. The minimum Gasteiger partial charge on any atom is -0.506 e. The van der Waals surface area contributed by atoms with Gasteiger partial charge in [0.25, 0.3) is 15.6 Å². The molecule has 1 fully saturated rings. The highest BCUT2D eigenvalue weighted by Gasteiger charge is 2.31. The number of hydrogen-bond acceptors (Lipinski definition) is 7. The number of anilines is 1. The number of ketones is 1. The van der Waals surface area contributed by atoms with Gasteiger partial charge in [-0.1, -0.05) is 12.8 Å². The highest BCUT2D eigenvalue weighted by Crippen LogP contribution is 2.35. The Morgan fingerprint density at radius 1 is 1.19 bits per heavy atom. The third kappa shape index (κ3) is 4.24. The van der Waals surface area contributed by atoms with Crippen LogP contribution >= 0.6 is 0 Å². The van der Waals surface area contributed by atoms with Gasteiger partial charge < -0.3 is 20.7 Å². The molecule has 10 nitrogen and oxygen atoms in total. The number of amidine groups is 1. The smallest absolute Gasteiger partial charge is 0.286 e. The summed E-state index contributed by atoms with van der Waals surface area (Å²) in [6.07, 6.45) is 2.22. The van der Waals surface area contributed by atoms with Crippen molar-refractivity contribution in [1.82, 2.24) is 4.57 Å². The Kier molecular flexibility index (Phi) is 5.62. The number of nitrogens with two attached hydrogens (primary N) is 1. The van der Waals surface area contributed by atoms with Gasteiger partial charge in [0, 0.05) is 17.5 Å². The Labute approximate surface area is 204 Å². The average Bonchev–Trinajstić information content (AvgIpc) is 3.63. The van der Waals surface area contributed by atoms with E-state index in [0.717, 1.165) is 25.0 Å². The summed E-state index contributed by atoms with van der Waals surface area (Å²) in [4.78, 5) is 36.4. The van der Waals surface area contributed by atoms with E-state index in [0.29, 0.717) is 24.4 Å². The summed E-state index contributed by atoms with van der Waals surface area (Å²) in [6, 6.07) is 7.31. The number of rotatable bonds is 7. The van der Waals surface area contributed by atoms with Crippen molar-refractivity contribution in [3.63, 3.8) is 0 Å². The lowest BCUT2D eigenvalue weighted by Gasteiger charge is -2.21. The first-order valence-corrected chi connectivity index (χ1v) is 12.6. The summed E-state index contributed by atoms with van der Waals surface area (Å²) < 4.78 is 45.2. The van der Waals surface area contributed by atoms with Crippen LogP contribution in [-0.2, 0) is 21.4 Å². The molecular formula is C24H21FN4O6S. The molecule has 3 aromatic rings. The molecule has 1 saturated carbocycles. The number of pyridine rings is 1. The van der Waals surface area contributed by atoms with Crippen LogP contribution in [0, 0.1) is 11.7 Å². The molecule has 12 heteroatoms. The molecular weight excluding hydrogens is 491 g/mol. The maximum atomic E-state index is 14.1. The number of aryl methyl sites for hydroxylation is 1. The van der Waals surface area contributed by atoms with Gasteiger partial charge >= 0.3 is 0 Å². The minimum atomic E-state index is -4.42. The zero-order chi connectivity index (χ0) is 25.8. The third-order valence-electron chi connectivity index (χ3n) is 6.28. The van der Waals surface area contributed by atoms with E-state index in [2.05, 4.69) is 9.71 Å². The van der Waals surface area contributed by atoms with E-state index in [1.807, 2.05) is 0 Å². The summed E-state index contributed by atoms with van der Waals surface area (Å²) in [5.41, 5.74) is 4.24. The predicted molar refractivity (Wildman–Crippen MR) is 129 cm³/mol. The fourth-order valence-corrected chi connectivity index (χ4v) is 5.42. The van der Waals surface area contributed by atoms with Crippen LogP contribution in [0.25, 0.3) is 10.9 Å². The molecule has 0 atom stereocenters. The van der Waals surface area contributed by atoms with E-state index in [4.69, 9.17) is 5.73 Å². The third-order valence-corrected chi connectivity index (χ3v) is 7.59. The number of hydrogen-bond donors (Lipinski definition) is 3. The summed E-state index contributed by atoms with van der Waals surface area (Å²) in [6.45, 7) is 0.306. The van der Waals surface area contributed by atoms with Crippen LogP contribution in [0.5, 0.6) is 5.75 Å². The second kappa shape index (κ2) is 8.55. The van der Waals surface area contributed by atoms with Crippen LogP contribution in [0.4, 0.5) is 10.1 Å². The molecule has 2 aliphatic rings. The van der Waals surface area contributed by atoms with Gasteiger partial charge in [-0.3, -0.25) is 14.4 Å². The van der Waals surface area contributed by atoms with E-state index < -0.39 is 56.7 Å². The molecule has 1 aromatic heterocycles. The number of nitrogens with zero attached hydrogens (tertiary/aromatic N) is 2. The number of halogens is 1. The first-order valence-electron chi connectivity index (χ1n) is 11.2. The lowest BCUT2D eigenvalue weighted by molar-refractivity contribution is -0.117. The van der Waals surface area contributed by atoms with Gasteiger partial charge in [0.05, 0.1) is 17.6 Å². The monoisotopic (exact) mass is 512 g/mol. The van der Waals surface area contributed by atoms with Gasteiger partial charge in [0.15, 0.2) is 11.6 Å². The molecule has 0 spiro atoms. The van der Waals surface area contributed by atoms with Crippen LogP contribution in [0.15, 0.2) is 50.5 Å². The molecule has 186 valence electrons. The molecule has 0 radical (unpaired) electrons. The second-order valence-electron chi connectivity index (χ2n) is 8.89. The van der Waals surface area contributed by atoms with Crippen LogP contribution < -0.4 is 16.6 Å². The van der Waals surface area contributed by atoms with Crippen molar-refractivity contribution in [2.75, 3.05) is 5.32 Å². The maximum Gasteiger partial charge on any atom is 0.286 e. The number of amides is 1. The van der Waals surface area contributed by atoms with E-state index in [1.165, 1.54) is 28.8 Å². The van der Waals surface area contributed by atoms with Crippen LogP contribution in [0.1, 0.15) is 41.6 Å². The number of fused-ring (bicyclic) bond motifs is 2. The van der Waals surface area contributed by atoms with Gasteiger partial charge in [-0.25, -0.2) is 4.39 Å². The summed E-state index contributed by atoms with van der Waals surface area (Å²) in [5, 5.41) is 13.7. The Balaban J connectivity index is 1.64. The fraction of sp³-hybridized carbons (Fsp3) is 0.250.